The molecule has 0 spiro atoms. The van der Waals surface area contributed by atoms with E-state index in [0.717, 1.165) is 25.0 Å². The lowest BCUT2D eigenvalue weighted by Crippen LogP contribution is -2.28. The van der Waals surface area contributed by atoms with Crippen molar-refractivity contribution in [2.24, 2.45) is 0 Å². The summed E-state index contributed by atoms with van der Waals surface area (Å²) in [6, 6.07) is 6.61. The van der Waals surface area contributed by atoms with E-state index < -0.39 is 10.0 Å². The van der Waals surface area contributed by atoms with E-state index in [1.54, 1.807) is 29.5 Å². The van der Waals surface area contributed by atoms with Gasteiger partial charge in [-0.25, -0.2) is 22.7 Å². The summed E-state index contributed by atoms with van der Waals surface area (Å²) in [5.41, 5.74) is 7.68. The molecule has 1 aromatic carbocycles. The van der Waals surface area contributed by atoms with E-state index in [0.29, 0.717) is 16.5 Å². The first kappa shape index (κ1) is 22.5. The number of amides is 1. The second-order valence-electron chi connectivity index (χ2n) is 6.82. The maximum absolute atomic E-state index is 12.5. The SMILES string of the molecule is Cc1sc2nc(SCC(=O)NCc3ccccc3S(=O)(=O)N(C)C)nc(N)c2c1C. The first-order valence-corrected chi connectivity index (χ1v) is 12.3. The summed E-state index contributed by atoms with van der Waals surface area (Å²) < 4.78 is 26.1. The van der Waals surface area contributed by atoms with Gasteiger partial charge in [0.25, 0.3) is 0 Å². The maximum Gasteiger partial charge on any atom is 0.242 e. The zero-order valence-electron chi connectivity index (χ0n) is 17.1. The number of nitrogen functional groups attached to an aromatic ring is 1. The molecule has 160 valence electrons. The molecule has 8 nitrogen and oxygen atoms in total. The molecule has 3 rings (SSSR count). The number of sulfonamides is 1. The lowest BCUT2D eigenvalue weighted by atomic mass is 10.2. The molecule has 1 amide bonds. The highest BCUT2D eigenvalue weighted by Crippen LogP contribution is 2.33. The minimum absolute atomic E-state index is 0.0941. The van der Waals surface area contributed by atoms with Gasteiger partial charge in [-0.05, 0) is 31.0 Å². The third kappa shape index (κ3) is 4.59. The summed E-state index contributed by atoms with van der Waals surface area (Å²) >= 11 is 2.74. The van der Waals surface area contributed by atoms with Gasteiger partial charge in [-0.2, -0.15) is 0 Å². The minimum Gasteiger partial charge on any atom is -0.383 e. The number of thiophene rings is 1. The average molecular weight is 466 g/mol. The normalized spacial score (nSPS) is 11.9. The van der Waals surface area contributed by atoms with Crippen LogP contribution in [0.3, 0.4) is 0 Å². The van der Waals surface area contributed by atoms with E-state index in [9.17, 15) is 13.2 Å². The summed E-state index contributed by atoms with van der Waals surface area (Å²) in [4.78, 5) is 23.2. The van der Waals surface area contributed by atoms with Gasteiger partial charge in [-0.1, -0.05) is 30.0 Å². The molecule has 0 unspecified atom stereocenters. The van der Waals surface area contributed by atoms with Gasteiger partial charge in [0.2, 0.25) is 15.9 Å². The van der Waals surface area contributed by atoms with Crippen LogP contribution in [0.15, 0.2) is 34.3 Å². The van der Waals surface area contributed by atoms with Crippen molar-refractivity contribution in [3.8, 4) is 0 Å². The third-order valence-corrected chi connectivity index (χ3v) is 8.44. The number of carbonyl (C=O) groups excluding carboxylic acids is 1. The van der Waals surface area contributed by atoms with Crippen LogP contribution in [0.2, 0.25) is 0 Å². The largest absolute Gasteiger partial charge is 0.383 e. The fourth-order valence-electron chi connectivity index (χ4n) is 2.80. The first-order chi connectivity index (χ1) is 14.1. The highest BCUT2D eigenvalue weighted by atomic mass is 32.2. The predicted molar refractivity (Wildman–Crippen MR) is 121 cm³/mol. The topological polar surface area (TPSA) is 118 Å². The predicted octanol–water partition coefficient (Wildman–Crippen LogP) is 2.55. The summed E-state index contributed by atoms with van der Waals surface area (Å²) in [6.07, 6.45) is 0. The maximum atomic E-state index is 12.5. The summed E-state index contributed by atoms with van der Waals surface area (Å²) in [6.45, 7) is 4.10. The molecule has 0 aliphatic carbocycles. The highest BCUT2D eigenvalue weighted by Gasteiger charge is 2.21. The van der Waals surface area contributed by atoms with Gasteiger partial charge in [0.05, 0.1) is 16.0 Å². The minimum atomic E-state index is -3.59. The summed E-state index contributed by atoms with van der Waals surface area (Å²) in [7, 11) is -0.648. The number of hydrogen-bond donors (Lipinski definition) is 2. The number of fused-ring (bicyclic) bond motifs is 1. The van der Waals surface area contributed by atoms with Crippen LogP contribution in [0.1, 0.15) is 16.0 Å². The fraction of sp³-hybridized carbons (Fsp3) is 0.316. The van der Waals surface area contributed by atoms with Crippen molar-refractivity contribution in [2.45, 2.75) is 30.4 Å². The number of benzene rings is 1. The molecule has 2 aromatic heterocycles. The first-order valence-electron chi connectivity index (χ1n) is 9.04. The van der Waals surface area contributed by atoms with Gasteiger partial charge < -0.3 is 11.1 Å². The Morgan fingerprint density at radius 1 is 1.23 bits per heavy atom. The molecule has 11 heteroatoms. The monoisotopic (exact) mass is 465 g/mol. The van der Waals surface area contributed by atoms with E-state index in [4.69, 9.17) is 5.73 Å². The molecule has 0 radical (unpaired) electrons. The van der Waals surface area contributed by atoms with E-state index >= 15 is 0 Å². The molecule has 0 atom stereocenters. The van der Waals surface area contributed by atoms with Crippen molar-refractivity contribution in [1.82, 2.24) is 19.6 Å². The third-order valence-electron chi connectivity index (χ3n) is 4.58. The number of nitrogens with one attached hydrogen (secondary N) is 1. The van der Waals surface area contributed by atoms with Crippen LogP contribution in [-0.4, -0.2) is 48.4 Å². The second-order valence-corrected chi connectivity index (χ2v) is 11.1. The molecule has 2 heterocycles. The summed E-state index contributed by atoms with van der Waals surface area (Å²) in [5.74, 6) is 0.252. The molecular weight excluding hydrogens is 442 g/mol. The molecule has 0 fully saturated rings. The number of aryl methyl sites for hydroxylation is 2. The van der Waals surface area contributed by atoms with Gasteiger partial charge in [-0.3, -0.25) is 4.79 Å². The van der Waals surface area contributed by atoms with E-state index in [-0.39, 0.29) is 23.1 Å². The quantitative estimate of drug-likeness (QED) is 0.407. The standard InChI is InChI=1S/C19H23N5O3S3/c1-11-12(2)29-18-16(11)17(20)22-19(23-18)28-10-15(25)21-9-13-7-5-6-8-14(13)30(26,27)24(3)4/h5-8H,9-10H2,1-4H3,(H,21,25)(H2,20,22,23). The molecule has 0 saturated heterocycles. The van der Waals surface area contributed by atoms with Crippen LogP contribution in [0.25, 0.3) is 10.2 Å². The van der Waals surface area contributed by atoms with Gasteiger partial charge in [0.1, 0.15) is 10.6 Å². The Morgan fingerprint density at radius 3 is 2.63 bits per heavy atom. The second kappa shape index (κ2) is 8.88. The van der Waals surface area contributed by atoms with Gasteiger partial charge >= 0.3 is 0 Å². The Kier molecular flexibility index (Phi) is 6.65. The van der Waals surface area contributed by atoms with Crippen molar-refractivity contribution in [1.29, 1.82) is 0 Å². The van der Waals surface area contributed by atoms with E-state index in [1.807, 2.05) is 13.8 Å². The van der Waals surface area contributed by atoms with Crippen molar-refractivity contribution in [3.05, 3.63) is 40.3 Å². The lowest BCUT2D eigenvalue weighted by Gasteiger charge is -2.15. The van der Waals surface area contributed by atoms with Crippen LogP contribution in [0, 0.1) is 13.8 Å². The fourth-order valence-corrected chi connectivity index (χ4v) is 5.69. The number of hydrogen-bond acceptors (Lipinski definition) is 8. The number of rotatable bonds is 7. The van der Waals surface area contributed by atoms with Crippen LogP contribution >= 0.6 is 23.1 Å². The zero-order valence-corrected chi connectivity index (χ0v) is 19.5. The number of aromatic nitrogens is 2. The van der Waals surface area contributed by atoms with E-state index in [1.165, 1.54) is 31.9 Å². The van der Waals surface area contributed by atoms with Gasteiger partial charge in [0.15, 0.2) is 5.16 Å². The van der Waals surface area contributed by atoms with Crippen molar-refractivity contribution in [3.63, 3.8) is 0 Å². The van der Waals surface area contributed by atoms with Crippen molar-refractivity contribution >= 4 is 55.1 Å². The lowest BCUT2D eigenvalue weighted by molar-refractivity contribution is -0.118. The van der Waals surface area contributed by atoms with Gasteiger partial charge in [0, 0.05) is 25.5 Å². The molecule has 0 aliphatic heterocycles. The Balaban J connectivity index is 1.66. The Bertz CT molecular complexity index is 1210. The molecule has 30 heavy (non-hydrogen) atoms. The number of nitrogens with two attached hydrogens (primary N) is 1. The summed E-state index contributed by atoms with van der Waals surface area (Å²) in [5, 5.41) is 4.06. The molecule has 3 N–H and O–H groups in total. The molecule has 3 aromatic rings. The Hall–Kier alpha value is -2.21. The van der Waals surface area contributed by atoms with Crippen LogP contribution in [0.4, 0.5) is 5.82 Å². The average Bonchev–Trinajstić information content (AvgIpc) is 2.98. The molecule has 0 bridgehead atoms. The van der Waals surface area contributed by atoms with Crippen molar-refractivity contribution < 1.29 is 13.2 Å². The zero-order chi connectivity index (χ0) is 22.1. The highest BCUT2D eigenvalue weighted by molar-refractivity contribution is 7.99. The van der Waals surface area contributed by atoms with Crippen LogP contribution < -0.4 is 11.1 Å². The smallest absolute Gasteiger partial charge is 0.242 e. The number of thioether (sulfide) groups is 1. The molecule has 0 saturated carbocycles. The Morgan fingerprint density at radius 2 is 1.93 bits per heavy atom. The number of anilines is 1. The van der Waals surface area contributed by atoms with Crippen molar-refractivity contribution in [2.75, 3.05) is 25.6 Å². The van der Waals surface area contributed by atoms with Gasteiger partial charge in [-0.15, -0.1) is 11.3 Å². The molecule has 0 aliphatic rings. The Labute approximate surface area is 183 Å². The van der Waals surface area contributed by atoms with Crippen LogP contribution in [-0.2, 0) is 21.4 Å². The molecular formula is C19H23N5O3S3. The number of carbonyl (C=O) groups is 1. The van der Waals surface area contributed by atoms with E-state index in [2.05, 4.69) is 15.3 Å². The number of nitrogens with zero attached hydrogens (tertiary/aromatic N) is 3. The van der Waals surface area contributed by atoms with Crippen LogP contribution in [0.5, 0.6) is 0 Å².